The van der Waals surface area contributed by atoms with Gasteiger partial charge in [0.2, 0.25) is 0 Å². The smallest absolute Gasteiger partial charge is 0.380 e. The molecule has 0 aromatic heterocycles. The zero-order valence-electron chi connectivity index (χ0n) is 4.76. The van der Waals surface area contributed by atoms with Gasteiger partial charge < -0.3 is 4.65 Å². The standard InChI is InChI=1S/C3H8BCl2OPS/c5-1-3(2-6)7-4(8)9/h3,9H,1-2,8H2. The Bertz CT molecular complexity index is 72.8. The summed E-state index contributed by atoms with van der Waals surface area (Å²) in [4.78, 5) is 0. The third kappa shape index (κ3) is 5.81. The molecule has 0 fully saturated rings. The fourth-order valence-electron chi connectivity index (χ4n) is 0.311. The Balaban J connectivity index is 3.31. The van der Waals surface area contributed by atoms with Crippen LogP contribution in [0.25, 0.3) is 0 Å². The summed E-state index contributed by atoms with van der Waals surface area (Å²) in [5.41, 5.74) is 0. The summed E-state index contributed by atoms with van der Waals surface area (Å²) >= 11 is 14.9. The maximum absolute atomic E-state index is 5.46. The quantitative estimate of drug-likeness (QED) is 0.317. The molecule has 0 bridgehead atoms. The normalized spacial score (nSPS) is 10.3. The highest BCUT2D eigenvalue weighted by atomic mass is 35.5. The average Bonchev–Trinajstić information content (AvgIpc) is 1.82. The van der Waals surface area contributed by atoms with Gasteiger partial charge in [-0.3, -0.25) is 0 Å². The van der Waals surface area contributed by atoms with Crippen LogP contribution in [0.15, 0.2) is 0 Å². The van der Waals surface area contributed by atoms with Crippen LogP contribution in [-0.2, 0) is 4.65 Å². The Morgan fingerprint density at radius 2 is 2.00 bits per heavy atom. The summed E-state index contributed by atoms with van der Waals surface area (Å²) in [6.07, 6.45) is -0.0895. The second-order valence-electron chi connectivity index (χ2n) is 1.46. The van der Waals surface area contributed by atoms with Gasteiger partial charge in [0.15, 0.2) is 0 Å². The van der Waals surface area contributed by atoms with Gasteiger partial charge in [0.25, 0.3) is 0 Å². The molecule has 0 aromatic rings. The van der Waals surface area contributed by atoms with Crippen molar-refractivity contribution in [2.24, 2.45) is 0 Å². The van der Waals surface area contributed by atoms with Crippen LogP contribution in [0.2, 0.25) is 0 Å². The molecule has 6 heteroatoms. The van der Waals surface area contributed by atoms with E-state index in [4.69, 9.17) is 27.9 Å². The van der Waals surface area contributed by atoms with E-state index in [1.54, 1.807) is 0 Å². The first kappa shape index (κ1) is 10.4. The van der Waals surface area contributed by atoms with Crippen molar-refractivity contribution in [3.05, 3.63) is 0 Å². The molecule has 0 saturated carbocycles. The Morgan fingerprint density at radius 3 is 2.11 bits per heavy atom. The lowest BCUT2D eigenvalue weighted by Gasteiger charge is -2.11. The number of hydrogen-bond donors (Lipinski definition) is 1. The van der Waals surface area contributed by atoms with E-state index in [9.17, 15) is 0 Å². The molecule has 54 valence electrons. The number of hydrogen-bond acceptors (Lipinski definition) is 2. The highest BCUT2D eigenvalue weighted by molar-refractivity contribution is 8.23. The SMILES string of the molecule is PB(S)OC(CCl)CCl. The molecular weight excluding hydrogens is 197 g/mol. The second-order valence-corrected chi connectivity index (χ2v) is 3.75. The molecular formula is C3H8BCl2OPS. The molecule has 0 rings (SSSR count). The summed E-state index contributed by atoms with van der Waals surface area (Å²) in [6, 6.07) is 0. The fourth-order valence-corrected chi connectivity index (χ4v) is 1.18. The predicted octanol–water partition coefficient (Wildman–Crippen LogP) is 1.64. The van der Waals surface area contributed by atoms with E-state index in [1.807, 2.05) is 0 Å². The van der Waals surface area contributed by atoms with Crippen molar-refractivity contribution in [2.75, 3.05) is 11.8 Å². The minimum absolute atomic E-state index is 0.0895. The van der Waals surface area contributed by atoms with Crippen molar-refractivity contribution in [3.8, 4) is 0 Å². The molecule has 0 N–H and O–H groups in total. The minimum atomic E-state index is -0.174. The maximum Gasteiger partial charge on any atom is 0.380 e. The van der Waals surface area contributed by atoms with Crippen LogP contribution < -0.4 is 0 Å². The van der Waals surface area contributed by atoms with Crippen LogP contribution in [-0.4, -0.2) is 23.8 Å². The number of halogens is 2. The molecule has 0 aliphatic carbocycles. The van der Waals surface area contributed by atoms with Crippen LogP contribution in [0.1, 0.15) is 0 Å². The van der Waals surface area contributed by atoms with Crippen molar-refractivity contribution in [3.63, 3.8) is 0 Å². The molecule has 0 saturated heterocycles. The Kier molecular flexibility index (Phi) is 7.06. The predicted molar refractivity (Wildman–Crippen MR) is 50.8 cm³/mol. The molecule has 0 spiro atoms. The Labute approximate surface area is 73.4 Å². The van der Waals surface area contributed by atoms with Crippen molar-refractivity contribution in [2.45, 2.75) is 6.10 Å². The lowest BCUT2D eigenvalue weighted by atomic mass is 10.4. The minimum Gasteiger partial charge on any atom is -0.417 e. The summed E-state index contributed by atoms with van der Waals surface area (Å²) in [5, 5.41) is 0. The van der Waals surface area contributed by atoms with E-state index in [1.165, 1.54) is 0 Å². The van der Waals surface area contributed by atoms with Gasteiger partial charge in [0.05, 0.1) is 6.10 Å². The molecule has 1 atom stereocenters. The Hall–Kier alpha value is 1.38. The zero-order chi connectivity index (χ0) is 7.28. The van der Waals surface area contributed by atoms with Gasteiger partial charge in [0, 0.05) is 11.8 Å². The van der Waals surface area contributed by atoms with E-state index in [2.05, 4.69) is 21.6 Å². The van der Waals surface area contributed by atoms with Crippen LogP contribution in [0, 0.1) is 0 Å². The molecule has 1 unspecified atom stereocenters. The molecule has 0 aliphatic heterocycles. The zero-order valence-corrected chi connectivity index (χ0v) is 8.32. The topological polar surface area (TPSA) is 9.23 Å². The number of alkyl halides is 2. The molecule has 0 aliphatic rings. The fraction of sp³-hybridized carbons (Fsp3) is 1.00. The van der Waals surface area contributed by atoms with Crippen molar-refractivity contribution in [1.82, 2.24) is 0 Å². The van der Waals surface area contributed by atoms with Crippen LogP contribution in [0.5, 0.6) is 0 Å². The first-order valence-corrected chi connectivity index (χ1v) is 4.67. The van der Waals surface area contributed by atoms with Gasteiger partial charge in [-0.1, -0.05) is 0 Å². The first-order chi connectivity index (χ1) is 4.20. The monoisotopic (exact) mass is 204 g/mol. The third-order valence-corrected chi connectivity index (χ3v) is 1.64. The molecule has 0 amide bonds. The van der Waals surface area contributed by atoms with E-state index in [0.717, 1.165) is 0 Å². The average molecular weight is 205 g/mol. The lowest BCUT2D eigenvalue weighted by Crippen LogP contribution is -2.20. The van der Waals surface area contributed by atoms with Gasteiger partial charge in [-0.05, 0) is 0 Å². The number of thiol groups is 1. The van der Waals surface area contributed by atoms with E-state index in [-0.39, 0.29) is 12.0 Å². The van der Waals surface area contributed by atoms with E-state index in [0.29, 0.717) is 11.8 Å². The summed E-state index contributed by atoms with van der Waals surface area (Å²) in [6.45, 7) is 0. The summed E-state index contributed by atoms with van der Waals surface area (Å²) in [7, 11) is 2.39. The van der Waals surface area contributed by atoms with E-state index < -0.39 is 0 Å². The highest BCUT2D eigenvalue weighted by Crippen LogP contribution is 2.07. The molecule has 1 nitrogen and oxygen atoms in total. The lowest BCUT2D eigenvalue weighted by molar-refractivity contribution is 0.268. The van der Waals surface area contributed by atoms with E-state index >= 15 is 0 Å². The maximum atomic E-state index is 5.46. The van der Waals surface area contributed by atoms with Crippen molar-refractivity contribution >= 4 is 50.7 Å². The third-order valence-electron chi connectivity index (χ3n) is 0.676. The van der Waals surface area contributed by atoms with Gasteiger partial charge >= 0.3 is 5.91 Å². The van der Waals surface area contributed by atoms with Crippen molar-refractivity contribution in [1.29, 1.82) is 0 Å². The van der Waals surface area contributed by atoms with Gasteiger partial charge in [-0.15, -0.1) is 32.3 Å². The summed E-state index contributed by atoms with van der Waals surface area (Å²) < 4.78 is 5.11. The van der Waals surface area contributed by atoms with Crippen LogP contribution in [0.4, 0.5) is 0 Å². The molecule has 0 heterocycles. The number of rotatable bonds is 4. The largest absolute Gasteiger partial charge is 0.417 e. The van der Waals surface area contributed by atoms with Crippen molar-refractivity contribution < 1.29 is 4.65 Å². The van der Waals surface area contributed by atoms with Gasteiger partial charge in [-0.2, -0.15) is 12.5 Å². The first-order valence-electron chi connectivity index (χ1n) is 2.41. The van der Waals surface area contributed by atoms with Gasteiger partial charge in [-0.25, -0.2) is 0 Å². The Morgan fingerprint density at radius 1 is 1.56 bits per heavy atom. The van der Waals surface area contributed by atoms with Crippen LogP contribution in [0.3, 0.4) is 0 Å². The van der Waals surface area contributed by atoms with Gasteiger partial charge in [0.1, 0.15) is 0 Å². The molecule has 9 heavy (non-hydrogen) atoms. The van der Waals surface area contributed by atoms with Crippen LogP contribution >= 0.6 is 44.8 Å². The highest BCUT2D eigenvalue weighted by Gasteiger charge is 2.10. The second kappa shape index (κ2) is 6.12. The molecule has 0 radical (unpaired) electrons. The summed E-state index contributed by atoms with van der Waals surface area (Å²) in [5.74, 6) is 0.650. The molecule has 0 aromatic carbocycles.